The fourth-order valence-corrected chi connectivity index (χ4v) is 5.98. The normalized spacial score (nSPS) is 20.8. The molecule has 0 aliphatic carbocycles. The molecule has 0 spiro atoms. The lowest BCUT2D eigenvalue weighted by Gasteiger charge is -2.26. The van der Waals surface area contributed by atoms with Crippen LogP contribution in [0, 0.1) is 0 Å². The first-order chi connectivity index (χ1) is 13.7. The first-order valence-electron chi connectivity index (χ1n) is 10.0. The van der Waals surface area contributed by atoms with Gasteiger partial charge in [-0.05, 0) is 43.7 Å². The Labute approximate surface area is 173 Å². The molecular formula is C22H30N2O4S. The number of ether oxygens (including phenoxy) is 1. The summed E-state index contributed by atoms with van der Waals surface area (Å²) in [6.07, 6.45) is 1.38. The van der Waals surface area contributed by atoms with Gasteiger partial charge in [0.25, 0.3) is 0 Å². The van der Waals surface area contributed by atoms with Gasteiger partial charge in [-0.15, -0.1) is 0 Å². The fraction of sp³-hybridized carbons (Fsp3) is 0.500. The fourth-order valence-electron chi connectivity index (χ4n) is 3.88. The van der Waals surface area contributed by atoms with E-state index in [1.54, 1.807) is 6.92 Å². The van der Waals surface area contributed by atoms with E-state index >= 15 is 0 Å². The number of benzene rings is 2. The highest BCUT2D eigenvalue weighted by Crippen LogP contribution is 2.29. The van der Waals surface area contributed by atoms with Crippen LogP contribution < -0.4 is 10.1 Å². The van der Waals surface area contributed by atoms with Crippen molar-refractivity contribution in [2.24, 2.45) is 0 Å². The molecule has 0 bridgehead atoms. The first-order valence-corrected chi connectivity index (χ1v) is 11.9. The van der Waals surface area contributed by atoms with Crippen molar-refractivity contribution in [1.82, 2.24) is 10.2 Å². The Kier molecular flexibility index (Phi) is 6.49. The van der Waals surface area contributed by atoms with Gasteiger partial charge in [-0.25, -0.2) is 8.42 Å². The van der Waals surface area contributed by atoms with E-state index < -0.39 is 15.4 Å². The average Bonchev–Trinajstić information content (AvgIpc) is 2.93. The molecule has 0 saturated carbocycles. The molecule has 3 rings (SSSR count). The van der Waals surface area contributed by atoms with Gasteiger partial charge >= 0.3 is 0 Å². The Hall–Kier alpha value is -2.12. The quantitative estimate of drug-likeness (QED) is 0.713. The van der Waals surface area contributed by atoms with Crippen molar-refractivity contribution < 1.29 is 17.9 Å². The molecule has 2 aromatic carbocycles. The summed E-state index contributed by atoms with van der Waals surface area (Å²) in [6.45, 7) is 5.26. The minimum atomic E-state index is -3.06. The van der Waals surface area contributed by atoms with Crippen LogP contribution in [-0.4, -0.2) is 56.5 Å². The topological polar surface area (TPSA) is 75.7 Å². The van der Waals surface area contributed by atoms with Crippen molar-refractivity contribution in [2.75, 3.05) is 31.7 Å². The molecule has 0 aromatic heterocycles. The van der Waals surface area contributed by atoms with Gasteiger partial charge in [0, 0.05) is 12.1 Å². The summed E-state index contributed by atoms with van der Waals surface area (Å²) in [7, 11) is -1.17. The standard InChI is InChI=1S/C22H30N2O4S/c1-4-12-28-20-10-9-17-7-5-6-8-18(17)19(20)14-24(3)15-21(25)23-22(2)11-13-29(26,27)16-22/h5-10H,4,11-16H2,1-3H3,(H,23,25). The molecule has 1 unspecified atom stereocenters. The van der Waals surface area contributed by atoms with E-state index in [0.717, 1.165) is 28.5 Å². The molecule has 6 nitrogen and oxygen atoms in total. The summed E-state index contributed by atoms with van der Waals surface area (Å²) < 4.78 is 29.5. The summed E-state index contributed by atoms with van der Waals surface area (Å²) >= 11 is 0. The second-order valence-electron chi connectivity index (χ2n) is 8.24. The van der Waals surface area contributed by atoms with Crippen LogP contribution in [0.3, 0.4) is 0 Å². The molecular weight excluding hydrogens is 388 g/mol. The lowest BCUT2D eigenvalue weighted by Crippen LogP contribution is -2.49. The summed E-state index contributed by atoms with van der Waals surface area (Å²) in [4.78, 5) is 14.5. The molecule has 1 aliphatic heterocycles. The molecule has 1 amide bonds. The third kappa shape index (κ3) is 5.48. The zero-order valence-electron chi connectivity index (χ0n) is 17.4. The third-order valence-corrected chi connectivity index (χ3v) is 7.15. The van der Waals surface area contributed by atoms with Gasteiger partial charge in [-0.3, -0.25) is 9.69 Å². The molecule has 1 N–H and O–H groups in total. The van der Waals surface area contributed by atoms with Crippen LogP contribution in [0.1, 0.15) is 32.3 Å². The van der Waals surface area contributed by atoms with Crippen molar-refractivity contribution >= 4 is 26.5 Å². The number of carbonyl (C=O) groups is 1. The summed E-state index contributed by atoms with van der Waals surface area (Å²) in [5, 5.41) is 5.17. The first kappa shape index (κ1) is 21.6. The van der Waals surface area contributed by atoms with Crippen molar-refractivity contribution in [3.8, 4) is 5.75 Å². The number of fused-ring (bicyclic) bond motifs is 1. The Morgan fingerprint density at radius 1 is 1.24 bits per heavy atom. The van der Waals surface area contributed by atoms with E-state index in [1.165, 1.54) is 0 Å². The number of hydrogen-bond donors (Lipinski definition) is 1. The van der Waals surface area contributed by atoms with Crippen molar-refractivity contribution in [3.05, 3.63) is 42.0 Å². The highest BCUT2D eigenvalue weighted by Gasteiger charge is 2.39. The Morgan fingerprint density at radius 3 is 2.69 bits per heavy atom. The average molecular weight is 419 g/mol. The highest BCUT2D eigenvalue weighted by atomic mass is 32.2. The van der Waals surface area contributed by atoms with Crippen LogP contribution in [0.2, 0.25) is 0 Å². The molecule has 1 aliphatic rings. The van der Waals surface area contributed by atoms with Crippen molar-refractivity contribution in [2.45, 2.75) is 38.8 Å². The maximum Gasteiger partial charge on any atom is 0.234 e. The van der Waals surface area contributed by atoms with Crippen molar-refractivity contribution in [3.63, 3.8) is 0 Å². The largest absolute Gasteiger partial charge is 0.493 e. The lowest BCUT2D eigenvalue weighted by atomic mass is 10.0. The van der Waals surface area contributed by atoms with Gasteiger partial charge in [0.15, 0.2) is 9.84 Å². The number of amides is 1. The minimum Gasteiger partial charge on any atom is -0.493 e. The van der Waals surface area contributed by atoms with Crippen LogP contribution in [-0.2, 0) is 21.2 Å². The van der Waals surface area contributed by atoms with Gasteiger partial charge in [-0.1, -0.05) is 37.3 Å². The number of likely N-dealkylation sites (N-methyl/N-ethyl adjacent to an activating group) is 1. The maximum absolute atomic E-state index is 12.6. The Balaban J connectivity index is 1.72. The van der Waals surface area contributed by atoms with Crippen LogP contribution in [0.5, 0.6) is 5.75 Å². The minimum absolute atomic E-state index is 0.00772. The number of carbonyl (C=O) groups excluding carboxylic acids is 1. The summed E-state index contributed by atoms with van der Waals surface area (Å²) in [6, 6.07) is 12.2. The molecule has 29 heavy (non-hydrogen) atoms. The second kappa shape index (κ2) is 8.71. The van der Waals surface area contributed by atoms with E-state index in [-0.39, 0.29) is 24.0 Å². The van der Waals surface area contributed by atoms with Gasteiger partial charge in [0.1, 0.15) is 5.75 Å². The van der Waals surface area contributed by atoms with Gasteiger partial charge in [0.05, 0.1) is 30.2 Å². The van der Waals surface area contributed by atoms with Crippen LogP contribution in [0.4, 0.5) is 0 Å². The number of nitrogens with one attached hydrogen (secondary N) is 1. The smallest absolute Gasteiger partial charge is 0.234 e. The van der Waals surface area contributed by atoms with Gasteiger partial charge in [-0.2, -0.15) is 0 Å². The Bertz CT molecular complexity index is 989. The van der Waals surface area contributed by atoms with Gasteiger partial charge < -0.3 is 10.1 Å². The molecule has 1 fully saturated rings. The van der Waals surface area contributed by atoms with Crippen LogP contribution in [0.25, 0.3) is 10.8 Å². The lowest BCUT2D eigenvalue weighted by molar-refractivity contribution is -0.123. The number of sulfone groups is 1. The maximum atomic E-state index is 12.6. The van der Waals surface area contributed by atoms with Crippen LogP contribution >= 0.6 is 0 Å². The number of hydrogen-bond acceptors (Lipinski definition) is 5. The highest BCUT2D eigenvalue weighted by molar-refractivity contribution is 7.91. The molecule has 1 heterocycles. The van der Waals surface area contributed by atoms with Gasteiger partial charge in [0.2, 0.25) is 5.91 Å². The van der Waals surface area contributed by atoms with E-state index in [1.807, 2.05) is 30.1 Å². The van der Waals surface area contributed by atoms with E-state index in [2.05, 4.69) is 30.4 Å². The molecule has 0 radical (unpaired) electrons. The van der Waals surface area contributed by atoms with E-state index in [0.29, 0.717) is 19.6 Å². The molecule has 1 atom stereocenters. The van der Waals surface area contributed by atoms with E-state index in [4.69, 9.17) is 4.74 Å². The zero-order chi connectivity index (χ0) is 21.1. The monoisotopic (exact) mass is 418 g/mol. The molecule has 7 heteroatoms. The Morgan fingerprint density at radius 2 is 2.00 bits per heavy atom. The zero-order valence-corrected chi connectivity index (χ0v) is 18.2. The summed E-state index contributed by atoms with van der Waals surface area (Å²) in [5.74, 6) is 0.816. The number of rotatable bonds is 8. The second-order valence-corrected chi connectivity index (χ2v) is 10.4. The number of nitrogens with zero attached hydrogens (tertiary/aromatic N) is 1. The molecule has 158 valence electrons. The van der Waals surface area contributed by atoms with Crippen LogP contribution in [0.15, 0.2) is 36.4 Å². The SMILES string of the molecule is CCCOc1ccc2ccccc2c1CN(C)CC(=O)NC1(C)CCS(=O)(=O)C1. The predicted molar refractivity (Wildman–Crippen MR) is 116 cm³/mol. The summed E-state index contributed by atoms with van der Waals surface area (Å²) in [5.41, 5.74) is 0.382. The molecule has 1 saturated heterocycles. The van der Waals surface area contributed by atoms with Crippen molar-refractivity contribution in [1.29, 1.82) is 0 Å². The van der Waals surface area contributed by atoms with E-state index in [9.17, 15) is 13.2 Å². The third-order valence-electron chi connectivity index (χ3n) is 5.25. The predicted octanol–water partition coefficient (Wildman–Crippen LogP) is 2.75. The molecule has 2 aromatic rings.